The highest BCUT2D eigenvalue weighted by atomic mass is 32.1. The van der Waals surface area contributed by atoms with Crippen LogP contribution in [0.5, 0.6) is 0 Å². The predicted octanol–water partition coefficient (Wildman–Crippen LogP) is 2.33. The summed E-state index contributed by atoms with van der Waals surface area (Å²) in [4.78, 5) is 3.57. The van der Waals surface area contributed by atoms with Crippen molar-refractivity contribution < 1.29 is 4.39 Å². The smallest absolute Gasteiger partial charge is 0.217 e. The average Bonchev–Trinajstić information content (AvgIpc) is 2.70. The van der Waals surface area contributed by atoms with Crippen molar-refractivity contribution in [2.24, 2.45) is 5.73 Å². The van der Waals surface area contributed by atoms with Gasteiger partial charge in [-0.15, -0.1) is 0 Å². The van der Waals surface area contributed by atoms with Gasteiger partial charge in [0, 0.05) is 11.8 Å². The first-order valence-electron chi connectivity index (χ1n) is 4.17. The zero-order chi connectivity index (χ0) is 9.97. The molecule has 2 nitrogen and oxygen atoms in total. The Morgan fingerprint density at radius 2 is 2.29 bits per heavy atom. The summed E-state index contributed by atoms with van der Waals surface area (Å²) < 4.78 is 13.2. The third kappa shape index (κ3) is 1.66. The van der Waals surface area contributed by atoms with Crippen LogP contribution in [-0.2, 0) is 0 Å². The molecule has 0 aromatic carbocycles. The van der Waals surface area contributed by atoms with Crippen molar-refractivity contribution in [2.75, 3.05) is 0 Å². The van der Waals surface area contributed by atoms with E-state index in [0.29, 0.717) is 5.56 Å². The van der Waals surface area contributed by atoms with Crippen molar-refractivity contribution >= 4 is 11.3 Å². The Bertz CT molecular complexity index is 414. The van der Waals surface area contributed by atoms with Crippen molar-refractivity contribution in [2.45, 2.75) is 6.04 Å². The van der Waals surface area contributed by atoms with E-state index in [0.717, 1.165) is 5.56 Å². The minimum atomic E-state index is -0.494. The van der Waals surface area contributed by atoms with Crippen molar-refractivity contribution in [1.82, 2.24) is 4.98 Å². The predicted molar refractivity (Wildman–Crippen MR) is 54.5 cm³/mol. The van der Waals surface area contributed by atoms with Gasteiger partial charge in [0.05, 0.1) is 6.04 Å². The molecule has 4 heteroatoms. The number of rotatable bonds is 2. The van der Waals surface area contributed by atoms with Gasteiger partial charge in [0.15, 0.2) is 0 Å². The number of hydrogen-bond acceptors (Lipinski definition) is 3. The van der Waals surface area contributed by atoms with E-state index in [1.54, 1.807) is 23.5 Å². The van der Waals surface area contributed by atoms with Crippen molar-refractivity contribution in [3.63, 3.8) is 0 Å². The molecule has 2 aromatic rings. The number of nitrogens with zero attached hydrogens (tertiary/aromatic N) is 1. The molecule has 1 atom stereocenters. The first kappa shape index (κ1) is 9.30. The van der Waals surface area contributed by atoms with Crippen LogP contribution in [-0.4, -0.2) is 4.98 Å². The van der Waals surface area contributed by atoms with Gasteiger partial charge < -0.3 is 5.73 Å². The molecule has 0 saturated carbocycles. The Morgan fingerprint density at radius 3 is 2.93 bits per heavy atom. The summed E-state index contributed by atoms with van der Waals surface area (Å²) in [6.45, 7) is 0. The molecule has 0 saturated heterocycles. The number of pyridine rings is 1. The summed E-state index contributed by atoms with van der Waals surface area (Å²) in [7, 11) is 0. The summed E-state index contributed by atoms with van der Waals surface area (Å²) in [5.41, 5.74) is 7.24. The first-order chi connectivity index (χ1) is 6.79. The fraction of sp³-hybridized carbons (Fsp3) is 0.100. The van der Waals surface area contributed by atoms with Crippen molar-refractivity contribution in [3.8, 4) is 0 Å². The first-order valence-corrected chi connectivity index (χ1v) is 5.11. The quantitative estimate of drug-likeness (QED) is 0.769. The van der Waals surface area contributed by atoms with E-state index in [-0.39, 0.29) is 0 Å². The minimum Gasteiger partial charge on any atom is -0.320 e. The molecule has 0 radical (unpaired) electrons. The lowest BCUT2D eigenvalue weighted by atomic mass is 10.0. The summed E-state index contributed by atoms with van der Waals surface area (Å²) in [5, 5.41) is 3.83. The van der Waals surface area contributed by atoms with Crippen LogP contribution in [0.3, 0.4) is 0 Å². The lowest BCUT2D eigenvalue weighted by Gasteiger charge is -2.09. The van der Waals surface area contributed by atoms with Gasteiger partial charge in [0.1, 0.15) is 0 Å². The molecule has 0 aliphatic carbocycles. The van der Waals surface area contributed by atoms with Gasteiger partial charge in [-0.05, 0) is 28.5 Å². The molecule has 14 heavy (non-hydrogen) atoms. The Labute approximate surface area is 85.2 Å². The highest BCUT2D eigenvalue weighted by Crippen LogP contribution is 2.22. The zero-order valence-corrected chi connectivity index (χ0v) is 8.17. The fourth-order valence-corrected chi connectivity index (χ4v) is 1.96. The summed E-state index contributed by atoms with van der Waals surface area (Å²) in [6, 6.07) is 4.81. The second-order valence-electron chi connectivity index (χ2n) is 2.92. The van der Waals surface area contributed by atoms with E-state index in [9.17, 15) is 4.39 Å². The standard InChI is InChI=1S/C10H9FN2S/c11-10-8(2-1-4-13-10)9(12)7-3-5-14-6-7/h1-6,9H,12H2/t9-/m0/s1. The van der Waals surface area contributed by atoms with E-state index < -0.39 is 12.0 Å². The van der Waals surface area contributed by atoms with E-state index in [1.165, 1.54) is 6.20 Å². The third-order valence-electron chi connectivity index (χ3n) is 2.03. The van der Waals surface area contributed by atoms with Gasteiger partial charge in [0.25, 0.3) is 0 Å². The molecule has 2 N–H and O–H groups in total. The number of nitrogens with two attached hydrogens (primary N) is 1. The maximum absolute atomic E-state index is 13.2. The number of aromatic nitrogens is 1. The van der Waals surface area contributed by atoms with E-state index in [2.05, 4.69) is 4.98 Å². The van der Waals surface area contributed by atoms with Crippen LogP contribution in [0.1, 0.15) is 17.2 Å². The molecule has 0 bridgehead atoms. The lowest BCUT2D eigenvalue weighted by Crippen LogP contribution is -2.13. The fourth-order valence-electron chi connectivity index (χ4n) is 1.26. The Hall–Kier alpha value is -1.26. The number of halogens is 1. The van der Waals surface area contributed by atoms with E-state index >= 15 is 0 Å². The molecular formula is C10H9FN2S. The van der Waals surface area contributed by atoms with E-state index in [4.69, 9.17) is 5.73 Å². The van der Waals surface area contributed by atoms with Crippen LogP contribution in [0.2, 0.25) is 0 Å². The monoisotopic (exact) mass is 208 g/mol. The van der Waals surface area contributed by atoms with E-state index in [1.807, 2.05) is 16.8 Å². The molecule has 0 fully saturated rings. The summed E-state index contributed by atoms with van der Waals surface area (Å²) in [5.74, 6) is -0.494. The SMILES string of the molecule is N[C@@H](c1ccsc1)c1cccnc1F. The molecule has 0 aliphatic heterocycles. The maximum Gasteiger partial charge on any atom is 0.217 e. The average molecular weight is 208 g/mol. The van der Waals surface area contributed by atoms with Gasteiger partial charge >= 0.3 is 0 Å². The molecule has 2 heterocycles. The molecule has 0 spiro atoms. The van der Waals surface area contributed by atoms with Crippen LogP contribution in [0.25, 0.3) is 0 Å². The third-order valence-corrected chi connectivity index (χ3v) is 2.73. The molecule has 72 valence electrons. The van der Waals surface area contributed by atoms with Crippen molar-refractivity contribution in [1.29, 1.82) is 0 Å². The van der Waals surface area contributed by atoms with Crippen molar-refractivity contribution in [3.05, 3.63) is 52.2 Å². The topological polar surface area (TPSA) is 38.9 Å². The maximum atomic E-state index is 13.2. The van der Waals surface area contributed by atoms with Crippen LogP contribution >= 0.6 is 11.3 Å². The highest BCUT2D eigenvalue weighted by molar-refractivity contribution is 7.08. The van der Waals surface area contributed by atoms with Crippen LogP contribution in [0, 0.1) is 5.95 Å². The molecule has 0 unspecified atom stereocenters. The summed E-state index contributed by atoms with van der Waals surface area (Å²) >= 11 is 1.55. The van der Waals surface area contributed by atoms with Crippen LogP contribution in [0.15, 0.2) is 35.2 Å². The molecule has 0 amide bonds. The normalized spacial score (nSPS) is 12.7. The minimum absolute atomic E-state index is 0.421. The zero-order valence-electron chi connectivity index (χ0n) is 7.35. The largest absolute Gasteiger partial charge is 0.320 e. The lowest BCUT2D eigenvalue weighted by molar-refractivity contribution is 0.558. The van der Waals surface area contributed by atoms with Gasteiger partial charge in [-0.25, -0.2) is 4.98 Å². The Morgan fingerprint density at radius 1 is 1.43 bits per heavy atom. The molecule has 2 rings (SSSR count). The number of thiophene rings is 1. The molecular weight excluding hydrogens is 199 g/mol. The Kier molecular flexibility index (Phi) is 2.56. The van der Waals surface area contributed by atoms with Crippen LogP contribution in [0.4, 0.5) is 4.39 Å². The Balaban J connectivity index is 2.37. The summed E-state index contributed by atoms with van der Waals surface area (Å²) in [6.07, 6.45) is 1.42. The molecule has 2 aromatic heterocycles. The van der Waals surface area contributed by atoms with Gasteiger partial charge in [0.2, 0.25) is 5.95 Å². The van der Waals surface area contributed by atoms with Gasteiger partial charge in [-0.2, -0.15) is 15.7 Å². The number of hydrogen-bond donors (Lipinski definition) is 1. The second-order valence-corrected chi connectivity index (χ2v) is 3.70. The van der Waals surface area contributed by atoms with Gasteiger partial charge in [-0.3, -0.25) is 0 Å². The second kappa shape index (κ2) is 3.86. The van der Waals surface area contributed by atoms with Crippen LogP contribution < -0.4 is 5.73 Å². The van der Waals surface area contributed by atoms with Gasteiger partial charge in [-0.1, -0.05) is 6.07 Å². The highest BCUT2D eigenvalue weighted by Gasteiger charge is 2.13. The molecule has 0 aliphatic rings.